The average Bonchev–Trinajstić information content (AvgIpc) is 3.18. The van der Waals surface area contributed by atoms with Gasteiger partial charge in [-0.25, -0.2) is 4.21 Å². The highest BCUT2D eigenvalue weighted by Gasteiger charge is 2.44. The molecule has 2 aromatic rings. The number of ether oxygens (including phenoxy) is 3. The topological polar surface area (TPSA) is 107 Å². The van der Waals surface area contributed by atoms with Crippen molar-refractivity contribution in [3.05, 3.63) is 70.8 Å². The highest BCUT2D eigenvalue weighted by molar-refractivity contribution is 7.92. The standard InChI is InChI=1S/C39H51N3O6S/c1-25-10-14-33-27(17-25)8-6-16-39(33)23-42-21-29-11-13-32(29)35(47-4)9-5-7-26(2)22-49(45,41-38(44)30-18-31(19-30)46-3)40-37(43)28-12-15-36(48-24-39)34(42)20-28/h5,9-10,12,14-15,17,20,26,29-32,35H,6-8,11,13,16,18-19,21-24H2,1-4H3,(H,40,41,43,44,45)/b9-5+/t26-,29-,30?,31?,32+,35-,39-,49-/m0/s1. The van der Waals surface area contributed by atoms with Gasteiger partial charge in [0.25, 0.3) is 5.91 Å². The van der Waals surface area contributed by atoms with E-state index >= 15 is 0 Å². The van der Waals surface area contributed by atoms with Crippen LogP contribution < -0.4 is 14.4 Å². The van der Waals surface area contributed by atoms with E-state index in [4.69, 9.17) is 14.2 Å². The number of carbonyl (C=O) groups is 2. The average molecular weight is 690 g/mol. The highest BCUT2D eigenvalue weighted by atomic mass is 32.2. The van der Waals surface area contributed by atoms with Crippen LogP contribution in [0.1, 0.15) is 78.9 Å². The van der Waals surface area contributed by atoms with Crippen molar-refractivity contribution >= 4 is 27.4 Å². The van der Waals surface area contributed by atoms with Gasteiger partial charge in [-0.2, -0.15) is 0 Å². The number of aryl methyl sites for hydroxylation is 2. The number of amides is 2. The summed E-state index contributed by atoms with van der Waals surface area (Å²) >= 11 is 0. The molecule has 2 aliphatic heterocycles. The van der Waals surface area contributed by atoms with Crippen LogP contribution in [0.15, 0.2) is 52.9 Å². The minimum Gasteiger partial charge on any atom is -0.490 e. The Bertz CT molecular complexity index is 1740. The molecule has 2 heterocycles. The number of fused-ring (bicyclic) bond motifs is 4. The summed E-state index contributed by atoms with van der Waals surface area (Å²) in [7, 11) is -0.000218. The van der Waals surface area contributed by atoms with Gasteiger partial charge in [-0.1, -0.05) is 42.8 Å². The molecule has 6 atom stereocenters. The number of benzene rings is 2. The number of anilines is 1. The molecule has 10 heteroatoms. The maximum absolute atomic E-state index is 14.4. The lowest BCUT2D eigenvalue weighted by molar-refractivity contribution is -0.130. The summed E-state index contributed by atoms with van der Waals surface area (Å²) in [6.07, 6.45) is 11.4. The molecule has 2 aromatic carbocycles. The van der Waals surface area contributed by atoms with Crippen LogP contribution in [0.3, 0.4) is 0 Å². The van der Waals surface area contributed by atoms with Gasteiger partial charge in [0.2, 0.25) is 5.91 Å². The third-order valence-electron chi connectivity index (χ3n) is 11.8. The number of methoxy groups -OCH3 is 2. The van der Waals surface area contributed by atoms with Gasteiger partial charge in [-0.3, -0.25) is 14.3 Å². The minimum atomic E-state index is -3.41. The first-order chi connectivity index (χ1) is 23.6. The van der Waals surface area contributed by atoms with E-state index in [9.17, 15) is 13.8 Å². The first kappa shape index (κ1) is 34.2. The van der Waals surface area contributed by atoms with Crippen molar-refractivity contribution in [2.45, 2.75) is 82.8 Å². The Kier molecular flexibility index (Phi) is 9.67. The molecule has 49 heavy (non-hydrogen) atoms. The van der Waals surface area contributed by atoms with Gasteiger partial charge in [-0.05, 0) is 105 Å². The molecule has 5 aliphatic rings. The van der Waals surface area contributed by atoms with E-state index in [2.05, 4.69) is 51.3 Å². The summed E-state index contributed by atoms with van der Waals surface area (Å²) < 4.78 is 39.6. The number of nitrogens with zero attached hydrogens (tertiary/aromatic N) is 2. The second kappa shape index (κ2) is 13.8. The lowest BCUT2D eigenvalue weighted by Gasteiger charge is -2.46. The van der Waals surface area contributed by atoms with Crippen molar-refractivity contribution in [2.75, 3.05) is 44.6 Å². The zero-order chi connectivity index (χ0) is 34.3. The Morgan fingerprint density at radius 1 is 1.12 bits per heavy atom. The van der Waals surface area contributed by atoms with Crippen LogP contribution in [-0.2, 0) is 36.0 Å². The third-order valence-corrected chi connectivity index (χ3v) is 13.8. The van der Waals surface area contributed by atoms with Gasteiger partial charge in [0.15, 0.2) is 0 Å². The van der Waals surface area contributed by atoms with Crippen LogP contribution in [0.4, 0.5) is 5.69 Å². The summed E-state index contributed by atoms with van der Waals surface area (Å²) in [6.45, 7) is 6.29. The molecule has 3 aliphatic carbocycles. The Balaban J connectivity index is 1.28. The molecule has 264 valence electrons. The Hall–Kier alpha value is -3.21. The quantitative estimate of drug-likeness (QED) is 0.383. The first-order valence-electron chi connectivity index (χ1n) is 18.0. The van der Waals surface area contributed by atoms with Crippen LogP contribution in [0.2, 0.25) is 0 Å². The lowest BCUT2D eigenvalue weighted by atomic mass is 9.68. The molecule has 9 nitrogen and oxygen atoms in total. The third kappa shape index (κ3) is 6.93. The molecule has 2 fully saturated rings. The van der Waals surface area contributed by atoms with Crippen LogP contribution >= 0.6 is 0 Å². The number of nitrogens with one attached hydrogen (secondary N) is 1. The summed E-state index contributed by atoms with van der Waals surface area (Å²) in [5.41, 5.74) is 5.06. The van der Waals surface area contributed by atoms with E-state index in [1.807, 2.05) is 19.1 Å². The fraction of sp³-hybridized carbons (Fsp3) is 0.590. The smallest absolute Gasteiger partial charge is 0.286 e. The van der Waals surface area contributed by atoms with Crippen molar-refractivity contribution in [1.82, 2.24) is 4.72 Å². The number of carbonyl (C=O) groups excluding carboxylic acids is 2. The van der Waals surface area contributed by atoms with E-state index < -0.39 is 15.8 Å². The number of hydrogen-bond acceptors (Lipinski definition) is 7. The van der Waals surface area contributed by atoms with E-state index in [1.54, 1.807) is 20.3 Å². The Morgan fingerprint density at radius 2 is 1.96 bits per heavy atom. The van der Waals surface area contributed by atoms with Gasteiger partial charge in [0.05, 0.1) is 30.3 Å². The van der Waals surface area contributed by atoms with Gasteiger partial charge in [0.1, 0.15) is 15.7 Å². The predicted octanol–water partition coefficient (Wildman–Crippen LogP) is 6.17. The molecule has 1 spiro atoms. The molecule has 0 radical (unpaired) electrons. The van der Waals surface area contributed by atoms with Gasteiger partial charge in [0, 0.05) is 44.2 Å². The van der Waals surface area contributed by atoms with Crippen molar-refractivity contribution in [1.29, 1.82) is 0 Å². The molecule has 0 aromatic heterocycles. The van der Waals surface area contributed by atoms with Crippen molar-refractivity contribution in [2.24, 2.45) is 28.0 Å². The molecule has 0 unspecified atom stereocenters. The molecule has 1 N–H and O–H groups in total. The summed E-state index contributed by atoms with van der Waals surface area (Å²) in [4.78, 5) is 29.6. The van der Waals surface area contributed by atoms with Gasteiger partial charge >= 0.3 is 0 Å². The Labute approximate surface area is 291 Å². The van der Waals surface area contributed by atoms with Crippen LogP contribution in [0, 0.1) is 30.6 Å². The number of hydrogen-bond donors (Lipinski definition) is 1. The second-order valence-corrected chi connectivity index (χ2v) is 17.3. The summed E-state index contributed by atoms with van der Waals surface area (Å²) in [6, 6.07) is 12.3. The largest absolute Gasteiger partial charge is 0.490 e. The monoisotopic (exact) mass is 689 g/mol. The predicted molar refractivity (Wildman–Crippen MR) is 191 cm³/mol. The van der Waals surface area contributed by atoms with Gasteiger partial charge < -0.3 is 19.1 Å². The molecule has 7 rings (SSSR count). The second-order valence-electron chi connectivity index (χ2n) is 15.3. The molecule has 2 bridgehead atoms. The molecular formula is C39H51N3O6S. The van der Waals surface area contributed by atoms with E-state index in [0.717, 1.165) is 56.6 Å². The van der Waals surface area contributed by atoms with E-state index in [0.29, 0.717) is 43.3 Å². The Morgan fingerprint density at radius 3 is 2.71 bits per heavy atom. The fourth-order valence-electron chi connectivity index (χ4n) is 8.74. The fourth-order valence-corrected chi connectivity index (χ4v) is 10.7. The molecular weight excluding hydrogens is 639 g/mol. The molecule has 2 saturated carbocycles. The van der Waals surface area contributed by atoms with Crippen molar-refractivity contribution < 1.29 is 28.0 Å². The SMILES string of the molecule is COC1CC(C(=O)N[S@@]2(=O)=NC(=O)c3ccc4c(c3)N(C[C@@H]3CC[C@H]3[C@@H](OC)/C=C/C[C@H](C)C2)C[C@@]2(CCCc3cc(C)ccc32)CO4)C1. The van der Waals surface area contributed by atoms with E-state index in [1.165, 1.54) is 16.7 Å². The van der Waals surface area contributed by atoms with Crippen molar-refractivity contribution in [3.8, 4) is 5.75 Å². The zero-order valence-corrected chi connectivity index (χ0v) is 30.1. The molecule has 0 saturated heterocycles. The summed E-state index contributed by atoms with van der Waals surface area (Å²) in [5.74, 6) is 0.282. The van der Waals surface area contributed by atoms with Gasteiger partial charge in [-0.15, -0.1) is 4.36 Å². The number of rotatable bonds is 4. The highest BCUT2D eigenvalue weighted by Crippen LogP contribution is 2.47. The lowest BCUT2D eigenvalue weighted by Crippen LogP contribution is -2.49. The van der Waals surface area contributed by atoms with Crippen LogP contribution in [0.5, 0.6) is 5.75 Å². The first-order valence-corrected chi connectivity index (χ1v) is 19.7. The maximum Gasteiger partial charge on any atom is 0.286 e. The zero-order valence-electron chi connectivity index (χ0n) is 29.3. The summed E-state index contributed by atoms with van der Waals surface area (Å²) in [5, 5.41) is 0. The normalized spacial score (nSPS) is 34.9. The minimum absolute atomic E-state index is 0.0204. The maximum atomic E-state index is 14.4. The van der Waals surface area contributed by atoms with Crippen LogP contribution in [0.25, 0.3) is 0 Å². The van der Waals surface area contributed by atoms with Crippen molar-refractivity contribution in [3.63, 3.8) is 0 Å². The van der Waals surface area contributed by atoms with Crippen LogP contribution in [-0.4, -0.2) is 67.9 Å². The number of allylic oxidation sites excluding steroid dienone is 1. The molecule has 2 amide bonds. The van der Waals surface area contributed by atoms with E-state index in [-0.39, 0.29) is 41.1 Å².